The van der Waals surface area contributed by atoms with Gasteiger partial charge in [-0.05, 0) is 38.2 Å². The molecule has 4 nitrogen and oxygen atoms in total. The molecule has 0 aromatic heterocycles. The molecule has 0 saturated heterocycles. The van der Waals surface area contributed by atoms with E-state index in [0.717, 1.165) is 24.8 Å². The molecule has 1 saturated carbocycles. The average Bonchev–Trinajstić information content (AvgIpc) is 2.55. The molecule has 1 aromatic carbocycles. The second-order valence-corrected chi connectivity index (χ2v) is 7.03. The lowest BCUT2D eigenvalue weighted by Gasteiger charge is -2.29. The van der Waals surface area contributed by atoms with Gasteiger partial charge in [-0.15, -0.1) is 0 Å². The third kappa shape index (κ3) is 5.75. The van der Waals surface area contributed by atoms with Gasteiger partial charge in [-0.2, -0.15) is 0 Å². The highest BCUT2D eigenvalue weighted by atomic mass is 16.5. The van der Waals surface area contributed by atoms with Crippen molar-refractivity contribution in [3.63, 3.8) is 0 Å². The number of carbonyl (C=O) groups is 2. The minimum atomic E-state index is -0.521. The van der Waals surface area contributed by atoms with Gasteiger partial charge in [0.15, 0.2) is 5.78 Å². The van der Waals surface area contributed by atoms with Gasteiger partial charge in [-0.3, -0.25) is 9.59 Å². The van der Waals surface area contributed by atoms with E-state index in [1.54, 1.807) is 13.8 Å². The molecular weight excluding hydrogens is 302 g/mol. The Labute approximate surface area is 145 Å². The van der Waals surface area contributed by atoms with Crippen molar-refractivity contribution < 1.29 is 14.3 Å². The number of ketones is 1. The fraction of sp³-hybridized carbons (Fsp3) is 0.600. The van der Waals surface area contributed by atoms with Gasteiger partial charge in [0.05, 0.1) is 12.1 Å². The molecular formula is C20H29NO3. The minimum Gasteiger partial charge on any atom is -0.365 e. The lowest BCUT2D eigenvalue weighted by Crippen LogP contribution is -2.45. The second-order valence-electron chi connectivity index (χ2n) is 7.03. The predicted molar refractivity (Wildman–Crippen MR) is 94.7 cm³/mol. The number of carbonyl (C=O) groups excluding carboxylic acids is 2. The smallest absolute Gasteiger partial charge is 0.249 e. The molecule has 4 atom stereocenters. The van der Waals surface area contributed by atoms with Crippen molar-refractivity contribution in [1.82, 2.24) is 5.32 Å². The fourth-order valence-corrected chi connectivity index (χ4v) is 3.21. The first-order chi connectivity index (χ1) is 11.5. The summed E-state index contributed by atoms with van der Waals surface area (Å²) in [5.41, 5.74) is 0.962. The molecule has 132 valence electrons. The minimum absolute atomic E-state index is 0.00744. The SMILES string of the molecule is CC1CCCC(OC(C)C(=O)NC(C)C(=O)Cc2ccccc2)C1. The number of hydrogen-bond donors (Lipinski definition) is 1. The fourth-order valence-electron chi connectivity index (χ4n) is 3.21. The molecule has 0 aliphatic heterocycles. The van der Waals surface area contributed by atoms with Crippen LogP contribution in [0.2, 0.25) is 0 Å². The van der Waals surface area contributed by atoms with Crippen LogP contribution >= 0.6 is 0 Å². The summed E-state index contributed by atoms with van der Waals surface area (Å²) < 4.78 is 5.90. The molecule has 0 radical (unpaired) electrons. The Morgan fingerprint density at radius 1 is 1.21 bits per heavy atom. The standard InChI is InChI=1S/C20H29NO3/c1-14-8-7-11-18(12-14)24-16(3)20(23)21-15(2)19(22)13-17-9-5-4-6-10-17/h4-6,9-10,14-16,18H,7-8,11-13H2,1-3H3,(H,21,23). The zero-order chi connectivity index (χ0) is 17.5. The van der Waals surface area contributed by atoms with Crippen molar-refractivity contribution in [2.45, 2.75) is 71.1 Å². The molecule has 4 unspecified atom stereocenters. The van der Waals surface area contributed by atoms with Gasteiger partial charge in [-0.1, -0.05) is 50.1 Å². The highest BCUT2D eigenvalue weighted by Gasteiger charge is 2.25. The van der Waals surface area contributed by atoms with Gasteiger partial charge in [-0.25, -0.2) is 0 Å². The molecule has 1 N–H and O–H groups in total. The van der Waals surface area contributed by atoms with Gasteiger partial charge in [0.1, 0.15) is 6.10 Å². The first-order valence-electron chi connectivity index (χ1n) is 8.98. The van der Waals surface area contributed by atoms with E-state index in [1.807, 2.05) is 30.3 Å². The van der Waals surface area contributed by atoms with Gasteiger partial charge < -0.3 is 10.1 Å². The largest absolute Gasteiger partial charge is 0.365 e. The number of Topliss-reactive ketones (excluding diaryl/α,β-unsaturated/α-hetero) is 1. The van der Waals surface area contributed by atoms with Gasteiger partial charge in [0.2, 0.25) is 5.91 Å². The van der Waals surface area contributed by atoms with Crippen LogP contribution < -0.4 is 5.32 Å². The number of ether oxygens (including phenoxy) is 1. The first-order valence-corrected chi connectivity index (χ1v) is 8.98. The Hall–Kier alpha value is -1.68. The van der Waals surface area contributed by atoms with E-state index in [2.05, 4.69) is 12.2 Å². The highest BCUT2D eigenvalue weighted by Crippen LogP contribution is 2.26. The van der Waals surface area contributed by atoms with Crippen molar-refractivity contribution in [1.29, 1.82) is 0 Å². The van der Waals surface area contributed by atoms with Crippen molar-refractivity contribution >= 4 is 11.7 Å². The Kier molecular flexibility index (Phi) is 6.98. The summed E-state index contributed by atoms with van der Waals surface area (Å²) in [6, 6.07) is 9.07. The number of benzene rings is 1. The molecule has 1 fully saturated rings. The molecule has 1 aliphatic rings. The number of nitrogens with one attached hydrogen (secondary N) is 1. The molecule has 2 rings (SSSR count). The van der Waals surface area contributed by atoms with Crippen molar-refractivity contribution in [2.75, 3.05) is 0 Å². The molecule has 1 amide bonds. The third-order valence-electron chi connectivity index (χ3n) is 4.72. The van der Waals surface area contributed by atoms with E-state index in [0.29, 0.717) is 12.3 Å². The van der Waals surface area contributed by atoms with Crippen LogP contribution in [0.25, 0.3) is 0 Å². The van der Waals surface area contributed by atoms with E-state index in [-0.39, 0.29) is 17.8 Å². The summed E-state index contributed by atoms with van der Waals surface area (Å²) >= 11 is 0. The Bertz CT molecular complexity index is 543. The normalized spacial score (nSPS) is 23.3. The summed E-state index contributed by atoms with van der Waals surface area (Å²) in [5, 5.41) is 2.79. The van der Waals surface area contributed by atoms with Crippen molar-refractivity contribution in [3.05, 3.63) is 35.9 Å². The summed E-state index contributed by atoms with van der Waals surface area (Å²) in [5.74, 6) is 0.459. The third-order valence-corrected chi connectivity index (χ3v) is 4.72. The Balaban J connectivity index is 1.78. The lowest BCUT2D eigenvalue weighted by atomic mass is 9.88. The predicted octanol–water partition coefficient (Wildman–Crippen LogP) is 3.29. The van der Waals surface area contributed by atoms with Crippen LogP contribution in [-0.2, 0) is 20.7 Å². The Morgan fingerprint density at radius 2 is 1.92 bits per heavy atom. The van der Waals surface area contributed by atoms with E-state index in [4.69, 9.17) is 4.74 Å². The topological polar surface area (TPSA) is 55.4 Å². The maximum atomic E-state index is 12.3. The number of rotatable bonds is 7. The van der Waals surface area contributed by atoms with Gasteiger partial charge in [0.25, 0.3) is 0 Å². The Morgan fingerprint density at radius 3 is 2.58 bits per heavy atom. The number of hydrogen-bond acceptors (Lipinski definition) is 3. The first kappa shape index (κ1) is 18.7. The van der Waals surface area contributed by atoms with Crippen LogP contribution in [0.4, 0.5) is 0 Å². The monoisotopic (exact) mass is 331 g/mol. The molecule has 4 heteroatoms. The van der Waals surface area contributed by atoms with E-state index < -0.39 is 12.1 Å². The maximum Gasteiger partial charge on any atom is 0.249 e. The van der Waals surface area contributed by atoms with Crippen LogP contribution in [0.1, 0.15) is 52.0 Å². The zero-order valence-electron chi connectivity index (χ0n) is 15.0. The highest BCUT2D eigenvalue weighted by molar-refractivity contribution is 5.91. The van der Waals surface area contributed by atoms with Crippen LogP contribution in [0.15, 0.2) is 30.3 Å². The zero-order valence-corrected chi connectivity index (χ0v) is 15.0. The summed E-state index contributed by atoms with van der Waals surface area (Å²) in [6.07, 6.45) is 4.40. The average molecular weight is 331 g/mol. The second kappa shape index (κ2) is 8.97. The molecule has 0 heterocycles. The quantitative estimate of drug-likeness (QED) is 0.834. The number of amides is 1. The van der Waals surface area contributed by atoms with Gasteiger partial charge in [0, 0.05) is 6.42 Å². The van der Waals surface area contributed by atoms with Gasteiger partial charge >= 0.3 is 0 Å². The summed E-state index contributed by atoms with van der Waals surface area (Å²) in [7, 11) is 0. The van der Waals surface area contributed by atoms with Crippen molar-refractivity contribution in [3.8, 4) is 0 Å². The van der Waals surface area contributed by atoms with Crippen LogP contribution in [-0.4, -0.2) is 29.9 Å². The molecule has 1 aliphatic carbocycles. The van der Waals surface area contributed by atoms with E-state index >= 15 is 0 Å². The maximum absolute atomic E-state index is 12.3. The summed E-state index contributed by atoms with van der Waals surface area (Å²) in [4.78, 5) is 24.5. The lowest BCUT2D eigenvalue weighted by molar-refractivity contribution is -0.139. The van der Waals surface area contributed by atoms with E-state index in [1.165, 1.54) is 6.42 Å². The van der Waals surface area contributed by atoms with Crippen molar-refractivity contribution in [2.24, 2.45) is 5.92 Å². The summed E-state index contributed by atoms with van der Waals surface area (Å²) in [6.45, 7) is 5.73. The van der Waals surface area contributed by atoms with Crippen LogP contribution in [0, 0.1) is 5.92 Å². The molecule has 24 heavy (non-hydrogen) atoms. The van der Waals surface area contributed by atoms with E-state index in [9.17, 15) is 9.59 Å². The molecule has 0 bridgehead atoms. The van der Waals surface area contributed by atoms with Crippen LogP contribution in [0.5, 0.6) is 0 Å². The molecule has 1 aromatic rings. The molecule has 0 spiro atoms. The van der Waals surface area contributed by atoms with Crippen LogP contribution in [0.3, 0.4) is 0 Å².